The molecule has 0 atom stereocenters. The molecule has 1 heterocycles. The third kappa shape index (κ3) is 4.74. The molecule has 1 aromatic carbocycles. The smallest absolute Gasteiger partial charge is 0.407 e. The Kier molecular flexibility index (Phi) is 5.54. The quantitative estimate of drug-likeness (QED) is 0.830. The van der Waals surface area contributed by atoms with Gasteiger partial charge < -0.3 is 14.8 Å². The highest BCUT2D eigenvalue weighted by Gasteiger charge is 2.16. The number of amides is 1. The number of pyridine rings is 1. The molecule has 0 fully saturated rings. The molecule has 5 nitrogen and oxygen atoms in total. The summed E-state index contributed by atoms with van der Waals surface area (Å²) in [5.74, 6) is 0.652. The van der Waals surface area contributed by atoms with Gasteiger partial charge in [-0.25, -0.2) is 4.79 Å². The van der Waals surface area contributed by atoms with Crippen molar-refractivity contribution in [2.45, 2.75) is 40.2 Å². The molecule has 0 unspecified atom stereocenters. The lowest BCUT2D eigenvalue weighted by Gasteiger charge is -2.19. The summed E-state index contributed by atoms with van der Waals surface area (Å²) in [6.07, 6.45) is -0.463. The number of benzene rings is 1. The molecule has 1 aromatic heterocycles. The van der Waals surface area contributed by atoms with E-state index in [1.165, 1.54) is 0 Å². The monoisotopic (exact) mass is 350 g/mol. The summed E-state index contributed by atoms with van der Waals surface area (Å²) >= 11 is 6.37. The number of carbonyl (C=O) groups is 1. The first-order valence-electron chi connectivity index (χ1n) is 7.83. The zero-order chi connectivity index (χ0) is 17.9. The number of aryl methyl sites for hydroxylation is 2. The molecular formula is C18H23ClN2O3. The first kappa shape index (κ1) is 18.3. The summed E-state index contributed by atoms with van der Waals surface area (Å²) in [7, 11) is 0. The van der Waals surface area contributed by atoms with Gasteiger partial charge in [-0.05, 0) is 52.3 Å². The molecule has 0 bridgehead atoms. The number of hydrogen-bond donors (Lipinski definition) is 1. The molecule has 1 amide bonds. The number of nitrogens with zero attached hydrogens (tertiary/aromatic N) is 1. The van der Waals surface area contributed by atoms with Crippen molar-refractivity contribution in [2.75, 3.05) is 13.2 Å². The number of aromatic nitrogens is 1. The van der Waals surface area contributed by atoms with E-state index in [0.29, 0.717) is 23.9 Å². The molecule has 0 saturated heterocycles. The fourth-order valence-electron chi connectivity index (χ4n) is 2.26. The minimum atomic E-state index is -0.519. The summed E-state index contributed by atoms with van der Waals surface area (Å²) < 4.78 is 11.0. The molecule has 6 heteroatoms. The van der Waals surface area contributed by atoms with Crippen molar-refractivity contribution >= 4 is 28.6 Å². The highest BCUT2D eigenvalue weighted by molar-refractivity contribution is 6.36. The maximum Gasteiger partial charge on any atom is 0.407 e. The van der Waals surface area contributed by atoms with E-state index in [2.05, 4.69) is 10.3 Å². The molecule has 0 radical (unpaired) electrons. The molecule has 0 aliphatic heterocycles. The molecule has 0 saturated carbocycles. The standard InChI is InChI=1S/C18H23ClN2O3/c1-11-6-7-14(15-13(19)10-12(2)21-16(11)15)23-9-8-20-17(22)24-18(3,4)5/h6-7,10H,8-9H2,1-5H3,(H,20,22). The van der Waals surface area contributed by atoms with Gasteiger partial charge in [0, 0.05) is 5.69 Å². The van der Waals surface area contributed by atoms with Gasteiger partial charge in [0.05, 0.1) is 22.5 Å². The number of rotatable bonds is 4. The Bertz CT molecular complexity index is 754. The van der Waals surface area contributed by atoms with Gasteiger partial charge in [-0.1, -0.05) is 17.7 Å². The van der Waals surface area contributed by atoms with Crippen LogP contribution in [-0.2, 0) is 4.74 Å². The lowest BCUT2D eigenvalue weighted by Crippen LogP contribution is -2.34. The third-order valence-electron chi connectivity index (χ3n) is 3.23. The summed E-state index contributed by atoms with van der Waals surface area (Å²) in [6.45, 7) is 9.99. The van der Waals surface area contributed by atoms with Crippen molar-refractivity contribution < 1.29 is 14.3 Å². The Balaban J connectivity index is 2.04. The SMILES string of the molecule is Cc1cc(Cl)c2c(OCCNC(=O)OC(C)(C)C)ccc(C)c2n1. The van der Waals surface area contributed by atoms with E-state index in [4.69, 9.17) is 21.1 Å². The lowest BCUT2D eigenvalue weighted by atomic mass is 10.1. The molecule has 0 aliphatic rings. The van der Waals surface area contributed by atoms with Crippen molar-refractivity contribution in [2.24, 2.45) is 0 Å². The van der Waals surface area contributed by atoms with Gasteiger partial charge in [0.1, 0.15) is 18.0 Å². The highest BCUT2D eigenvalue weighted by Crippen LogP contribution is 2.33. The van der Waals surface area contributed by atoms with E-state index in [-0.39, 0.29) is 0 Å². The van der Waals surface area contributed by atoms with Crippen LogP contribution < -0.4 is 10.1 Å². The Morgan fingerprint density at radius 2 is 2.00 bits per heavy atom. The third-order valence-corrected chi connectivity index (χ3v) is 3.53. The van der Waals surface area contributed by atoms with Crippen molar-refractivity contribution in [1.29, 1.82) is 0 Å². The van der Waals surface area contributed by atoms with Crippen LogP contribution in [0.1, 0.15) is 32.0 Å². The number of hydrogen-bond acceptors (Lipinski definition) is 4. The number of carbonyl (C=O) groups excluding carboxylic acids is 1. The maximum absolute atomic E-state index is 11.6. The van der Waals surface area contributed by atoms with Crippen LogP contribution in [0.15, 0.2) is 18.2 Å². The van der Waals surface area contributed by atoms with Crippen LogP contribution >= 0.6 is 11.6 Å². The van der Waals surface area contributed by atoms with Crippen LogP contribution in [0.4, 0.5) is 4.79 Å². The van der Waals surface area contributed by atoms with Gasteiger partial charge in [0.2, 0.25) is 0 Å². The summed E-state index contributed by atoms with van der Waals surface area (Å²) in [5.41, 5.74) is 2.21. The molecular weight excluding hydrogens is 328 g/mol. The van der Waals surface area contributed by atoms with Gasteiger partial charge in [-0.2, -0.15) is 0 Å². The normalized spacial score (nSPS) is 11.4. The number of fused-ring (bicyclic) bond motifs is 1. The Morgan fingerprint density at radius 3 is 2.67 bits per heavy atom. The Labute approximate surface area is 147 Å². The molecule has 130 valence electrons. The fourth-order valence-corrected chi connectivity index (χ4v) is 2.60. The molecule has 24 heavy (non-hydrogen) atoms. The molecule has 0 spiro atoms. The first-order valence-corrected chi connectivity index (χ1v) is 8.21. The van der Waals surface area contributed by atoms with E-state index in [9.17, 15) is 4.79 Å². The van der Waals surface area contributed by atoms with Crippen molar-refractivity contribution in [1.82, 2.24) is 10.3 Å². The van der Waals surface area contributed by atoms with E-state index < -0.39 is 11.7 Å². The van der Waals surface area contributed by atoms with Gasteiger partial charge in [0.15, 0.2) is 0 Å². The van der Waals surface area contributed by atoms with E-state index >= 15 is 0 Å². The number of halogens is 1. The molecule has 1 N–H and O–H groups in total. The van der Waals surface area contributed by atoms with Crippen LogP contribution in [0.2, 0.25) is 5.02 Å². The van der Waals surface area contributed by atoms with E-state index in [1.807, 2.05) is 52.8 Å². The highest BCUT2D eigenvalue weighted by atomic mass is 35.5. The van der Waals surface area contributed by atoms with Crippen LogP contribution in [0, 0.1) is 13.8 Å². The first-order chi connectivity index (χ1) is 11.2. The number of ether oxygens (including phenoxy) is 2. The average Bonchev–Trinajstić information content (AvgIpc) is 2.44. The van der Waals surface area contributed by atoms with Gasteiger partial charge in [-0.15, -0.1) is 0 Å². The van der Waals surface area contributed by atoms with Gasteiger partial charge in [0.25, 0.3) is 0 Å². The van der Waals surface area contributed by atoms with Crippen molar-refractivity contribution in [3.05, 3.63) is 34.5 Å². The summed E-state index contributed by atoms with van der Waals surface area (Å²) in [6, 6.07) is 5.63. The van der Waals surface area contributed by atoms with Crippen molar-refractivity contribution in [3.63, 3.8) is 0 Å². The maximum atomic E-state index is 11.6. The molecule has 2 rings (SSSR count). The minimum absolute atomic E-state index is 0.307. The van der Waals surface area contributed by atoms with Gasteiger partial charge >= 0.3 is 6.09 Å². The molecule has 2 aromatic rings. The Hall–Kier alpha value is -2.01. The second-order valence-electron chi connectivity index (χ2n) is 6.63. The van der Waals surface area contributed by atoms with Crippen molar-refractivity contribution in [3.8, 4) is 5.75 Å². The predicted molar refractivity (Wildman–Crippen MR) is 96.0 cm³/mol. The molecule has 0 aliphatic carbocycles. The predicted octanol–water partition coefficient (Wildman–Crippen LogP) is 4.41. The largest absolute Gasteiger partial charge is 0.491 e. The van der Waals surface area contributed by atoms with E-state index in [0.717, 1.165) is 22.2 Å². The number of alkyl carbamates (subject to hydrolysis) is 1. The van der Waals surface area contributed by atoms with Crippen LogP contribution in [0.3, 0.4) is 0 Å². The fraction of sp³-hybridized carbons (Fsp3) is 0.444. The summed E-state index contributed by atoms with van der Waals surface area (Å²) in [4.78, 5) is 16.1. The topological polar surface area (TPSA) is 60.5 Å². The van der Waals surface area contributed by atoms with Crippen LogP contribution in [0.25, 0.3) is 10.9 Å². The zero-order valence-corrected chi connectivity index (χ0v) is 15.5. The second kappa shape index (κ2) is 7.26. The van der Waals surface area contributed by atoms with E-state index in [1.54, 1.807) is 0 Å². The van der Waals surface area contributed by atoms with Gasteiger partial charge in [-0.3, -0.25) is 4.98 Å². The van der Waals surface area contributed by atoms with Crippen LogP contribution in [-0.4, -0.2) is 29.8 Å². The minimum Gasteiger partial charge on any atom is -0.491 e. The second-order valence-corrected chi connectivity index (χ2v) is 7.03. The summed E-state index contributed by atoms with van der Waals surface area (Å²) in [5, 5.41) is 4.06. The zero-order valence-electron chi connectivity index (χ0n) is 14.7. The number of nitrogens with one attached hydrogen (secondary N) is 1. The lowest BCUT2D eigenvalue weighted by molar-refractivity contribution is 0.0520. The van der Waals surface area contributed by atoms with Crippen LogP contribution in [0.5, 0.6) is 5.75 Å². The average molecular weight is 351 g/mol. The Morgan fingerprint density at radius 1 is 1.29 bits per heavy atom.